The van der Waals surface area contributed by atoms with Crippen molar-refractivity contribution in [1.82, 2.24) is 10.6 Å². The summed E-state index contributed by atoms with van der Waals surface area (Å²) in [5.41, 5.74) is 6.51. The Morgan fingerprint density at radius 2 is 1.24 bits per heavy atom. The third-order valence-electron chi connectivity index (χ3n) is 16.1. The molecule has 1 aromatic rings. The Balaban J connectivity index is 0.000000537. The van der Waals surface area contributed by atoms with Gasteiger partial charge in [0.2, 0.25) is 0 Å². The van der Waals surface area contributed by atoms with E-state index in [0.29, 0.717) is 22.1 Å². The molecule has 0 aromatic heterocycles. The van der Waals surface area contributed by atoms with E-state index in [-0.39, 0.29) is 30.1 Å². The topological polar surface area (TPSA) is 24.1 Å². The van der Waals surface area contributed by atoms with E-state index in [1.807, 2.05) is 30.3 Å². The molecule has 0 amide bonds. The van der Waals surface area contributed by atoms with Crippen LogP contribution < -0.4 is 10.6 Å². The average molecular weight is 761 g/mol. The molecule has 13 rings (SSSR count). The van der Waals surface area contributed by atoms with Crippen LogP contribution in [0, 0.1) is 53.8 Å². The maximum Gasteiger partial charge on any atom is 2.00 e. The minimum atomic E-state index is -0.0689. The number of nitrogens with one attached hydrogen (secondary N) is 2. The van der Waals surface area contributed by atoms with Gasteiger partial charge in [0, 0.05) is 5.16 Å². The molecule has 0 radical (unpaired) electrons. The maximum absolute atomic E-state index is 3.82. The smallest absolute Gasteiger partial charge is 0.316 e. The van der Waals surface area contributed by atoms with E-state index < -0.39 is 0 Å². The molecule has 2 heterocycles. The Morgan fingerprint density at radius 1 is 0.725 bits per heavy atom. The molecule has 8 bridgehead atoms. The molecule has 2 saturated heterocycles. The van der Waals surface area contributed by atoms with Crippen molar-refractivity contribution in [3.63, 3.8) is 0 Å². The van der Waals surface area contributed by atoms with E-state index in [9.17, 15) is 0 Å². The summed E-state index contributed by atoms with van der Waals surface area (Å²) in [5.74, 6) is 7.78. The van der Waals surface area contributed by atoms with Gasteiger partial charge in [0.1, 0.15) is 0 Å². The number of allylic oxidation sites excluding steroid dienone is 10. The molecule has 3 unspecified atom stereocenters. The third-order valence-corrected chi connectivity index (χ3v) is 21.4. The van der Waals surface area contributed by atoms with E-state index in [1.54, 1.807) is 88.2 Å². The van der Waals surface area contributed by atoms with Gasteiger partial charge in [0.25, 0.3) is 0 Å². The van der Waals surface area contributed by atoms with E-state index in [4.69, 9.17) is 0 Å². The summed E-state index contributed by atoms with van der Waals surface area (Å²) < 4.78 is 0. The van der Waals surface area contributed by atoms with Crippen LogP contribution in [0.3, 0.4) is 0 Å². The first-order valence-corrected chi connectivity index (χ1v) is 23.1. The van der Waals surface area contributed by atoms with E-state index in [1.165, 1.54) is 56.3 Å². The molecule has 3 atom stereocenters. The fraction of sp³-hybridized carbons (Fsp3) is 0.652. The minimum Gasteiger partial charge on any atom is -0.316 e. The summed E-state index contributed by atoms with van der Waals surface area (Å²) in [6.07, 6.45) is 40.2. The predicted octanol–water partition coefficient (Wildman–Crippen LogP) is 10.1. The Morgan fingerprint density at radius 3 is 1.63 bits per heavy atom. The van der Waals surface area contributed by atoms with E-state index in [2.05, 4.69) is 62.8 Å². The van der Waals surface area contributed by atoms with Crippen LogP contribution >= 0.6 is 17.2 Å². The first-order valence-electron chi connectivity index (χ1n) is 21.0. The van der Waals surface area contributed by atoms with Crippen LogP contribution in [0.15, 0.2) is 89.1 Å². The fourth-order valence-electron chi connectivity index (χ4n) is 14.9. The first-order chi connectivity index (χ1) is 24.5. The minimum absolute atomic E-state index is 0. The predicted molar refractivity (Wildman–Crippen MR) is 216 cm³/mol. The molecule has 10 fully saturated rings. The van der Waals surface area contributed by atoms with Crippen LogP contribution in [0.25, 0.3) is 0 Å². The summed E-state index contributed by atoms with van der Waals surface area (Å²) in [6, 6.07) is 10.0. The van der Waals surface area contributed by atoms with Gasteiger partial charge < -0.3 is 10.6 Å². The van der Waals surface area contributed by atoms with Gasteiger partial charge in [-0.25, -0.2) is 12.1 Å². The van der Waals surface area contributed by atoms with Gasteiger partial charge in [-0.3, -0.25) is 0 Å². The molecule has 2 aliphatic heterocycles. The Bertz CT molecular complexity index is 1420. The van der Waals surface area contributed by atoms with Crippen LogP contribution in [0.4, 0.5) is 0 Å². The Labute approximate surface area is 323 Å². The van der Waals surface area contributed by atoms with Crippen molar-refractivity contribution in [2.24, 2.45) is 47.3 Å². The maximum atomic E-state index is 3.82. The average Bonchev–Trinajstić information content (AvgIpc) is 3.95. The zero-order valence-electron chi connectivity index (χ0n) is 30.9. The number of rotatable bonds is 7. The largest absolute Gasteiger partial charge is 2.00 e. The Hall–Kier alpha value is -0.781. The molecular weight excluding hydrogens is 698 g/mol. The van der Waals surface area contributed by atoms with Gasteiger partial charge in [0.05, 0.1) is 0 Å². The molecule has 1 aromatic carbocycles. The van der Waals surface area contributed by atoms with Crippen LogP contribution in [-0.2, 0) is 17.1 Å². The molecule has 0 spiro atoms. The summed E-state index contributed by atoms with van der Waals surface area (Å²) in [5, 5.41) is 9.17. The van der Waals surface area contributed by atoms with E-state index in [0.717, 1.165) is 35.5 Å². The molecule has 5 heteroatoms. The van der Waals surface area contributed by atoms with Crippen LogP contribution in [0.1, 0.15) is 89.9 Å². The third kappa shape index (κ3) is 6.47. The molecule has 10 aliphatic carbocycles. The van der Waals surface area contributed by atoms with Crippen molar-refractivity contribution in [2.75, 3.05) is 32.3 Å². The van der Waals surface area contributed by atoms with Crippen LogP contribution in [-0.4, -0.2) is 47.8 Å². The molecule has 8 saturated carbocycles. The standard InChI is InChI=1S/C41H57N2P2.C5H5.Fe/c44-41(36-6-8-42-24-36,37-7-9-43-25-37)38-17-34(33-4-2-1-3-5-33)16-35(38)26-45(39-18-27-10-28(19-39)12-29(11-27)20-39)40-21-30-13-31(22-40)15-32(14-30)23-40;1-2-4-5-3-1;/h1-5,16-17,27-32,36-37,42-43H,6-15,18-26,44H2;1-5H;/q2*-1;+2. The SMILES string of the molecule is PC(C1=CC(=C2C=CC=C[CH-]2)C=C1CP(C12CC3CC(CC(C3)C1)C2)C12CC3CC(CC(C3)C1)C2)(C1CCNC1)C1CCNC1.[Fe+2].c1cc[cH-]c1. The van der Waals surface area contributed by atoms with Crippen molar-refractivity contribution in [3.05, 3.63) is 95.5 Å². The quantitative estimate of drug-likeness (QED) is 0.164. The molecule has 51 heavy (non-hydrogen) atoms. The monoisotopic (exact) mass is 760 g/mol. The van der Waals surface area contributed by atoms with Crippen LogP contribution in [0.5, 0.6) is 0 Å². The zero-order chi connectivity index (χ0) is 33.3. The van der Waals surface area contributed by atoms with Crippen molar-refractivity contribution in [2.45, 2.75) is 105 Å². The second kappa shape index (κ2) is 14.4. The van der Waals surface area contributed by atoms with Gasteiger partial charge in [-0.2, -0.15) is 18.2 Å². The normalized spacial score (nSPS) is 44.3. The fourth-order valence-corrected chi connectivity index (χ4v) is 20.9. The van der Waals surface area contributed by atoms with Crippen molar-refractivity contribution >= 4 is 17.2 Å². The Kier molecular flexibility index (Phi) is 10.1. The molecule has 2 N–H and O–H groups in total. The summed E-state index contributed by atoms with van der Waals surface area (Å²) in [7, 11) is 3.56. The van der Waals surface area contributed by atoms with Crippen molar-refractivity contribution < 1.29 is 17.1 Å². The van der Waals surface area contributed by atoms with Crippen LogP contribution in [0.2, 0.25) is 0 Å². The summed E-state index contributed by atoms with van der Waals surface area (Å²) >= 11 is 0. The van der Waals surface area contributed by atoms with Gasteiger partial charge >= 0.3 is 17.1 Å². The number of hydrogen-bond donors (Lipinski definition) is 2. The summed E-state index contributed by atoms with van der Waals surface area (Å²) in [4.78, 5) is 0. The first kappa shape index (κ1) is 35.9. The van der Waals surface area contributed by atoms with Gasteiger partial charge in [-0.05, 0) is 191 Å². The number of hydrogen-bond acceptors (Lipinski definition) is 2. The van der Waals surface area contributed by atoms with Crippen molar-refractivity contribution in [3.8, 4) is 0 Å². The molecular formula is C46H62FeN2P2. The summed E-state index contributed by atoms with van der Waals surface area (Å²) in [6.45, 7) is 4.75. The van der Waals surface area contributed by atoms with Gasteiger partial charge in [-0.15, -0.1) is 45.5 Å². The molecule has 2 nitrogen and oxygen atoms in total. The van der Waals surface area contributed by atoms with E-state index >= 15 is 0 Å². The van der Waals surface area contributed by atoms with Gasteiger partial charge in [-0.1, -0.05) is 25.6 Å². The van der Waals surface area contributed by atoms with Crippen molar-refractivity contribution in [1.29, 1.82) is 0 Å². The molecule has 274 valence electrons. The second-order valence-electron chi connectivity index (χ2n) is 19.2. The molecule has 12 aliphatic rings. The van der Waals surface area contributed by atoms with Gasteiger partial charge in [0.15, 0.2) is 0 Å². The zero-order valence-corrected chi connectivity index (χ0v) is 34.0. The second-order valence-corrected chi connectivity index (χ2v) is 23.2.